The second-order valence-electron chi connectivity index (χ2n) is 9.20. The quantitative estimate of drug-likeness (QED) is 0.0873. The number of aliphatic hydroxyl groups excluding tert-OH is 1. The Balaban J connectivity index is 3.66. The zero-order valence-corrected chi connectivity index (χ0v) is 21.5. The van der Waals surface area contributed by atoms with Crippen molar-refractivity contribution < 1.29 is 37.6 Å². The van der Waals surface area contributed by atoms with Crippen molar-refractivity contribution >= 4 is 13.8 Å². The van der Waals surface area contributed by atoms with Crippen LogP contribution < -0.4 is 4.89 Å². The van der Waals surface area contributed by atoms with E-state index in [1.54, 1.807) is 0 Å². The van der Waals surface area contributed by atoms with Gasteiger partial charge in [0, 0.05) is 6.42 Å². The van der Waals surface area contributed by atoms with Gasteiger partial charge in [0.1, 0.15) is 25.9 Å². The van der Waals surface area contributed by atoms with E-state index in [0.717, 1.165) is 32.1 Å². The van der Waals surface area contributed by atoms with E-state index >= 15 is 0 Å². The molecule has 0 amide bonds. The Morgan fingerprint density at radius 1 is 0.969 bits per heavy atom. The average Bonchev–Trinajstić information content (AvgIpc) is 2.70. The molecule has 9 heteroatoms. The molecule has 190 valence electrons. The normalized spacial score (nSPS) is 15.1. The lowest BCUT2D eigenvalue weighted by molar-refractivity contribution is -0.870. The number of aliphatic hydroxyl groups is 1. The lowest BCUT2D eigenvalue weighted by atomic mass is 10.1. The minimum Gasteiger partial charge on any atom is -0.756 e. The summed E-state index contributed by atoms with van der Waals surface area (Å²) in [6.45, 7) is 1.88. The number of quaternary nitrogens is 1. The van der Waals surface area contributed by atoms with Crippen LogP contribution in [0.5, 0.6) is 0 Å². The van der Waals surface area contributed by atoms with Gasteiger partial charge in [0.05, 0.1) is 27.7 Å². The average molecular weight is 480 g/mol. The van der Waals surface area contributed by atoms with E-state index in [4.69, 9.17) is 9.26 Å². The lowest BCUT2D eigenvalue weighted by Gasteiger charge is -2.27. The van der Waals surface area contributed by atoms with Crippen LogP contribution in [0.4, 0.5) is 0 Å². The molecular formula is C23H46NO7P. The highest BCUT2D eigenvalue weighted by Crippen LogP contribution is 2.38. The molecule has 0 heterocycles. The number of phosphoric ester groups is 1. The van der Waals surface area contributed by atoms with Crippen molar-refractivity contribution in [3.8, 4) is 0 Å². The molecule has 0 aromatic heterocycles. The molecule has 0 aliphatic rings. The number of rotatable bonds is 21. The summed E-state index contributed by atoms with van der Waals surface area (Å²) in [7, 11) is 1.24. The van der Waals surface area contributed by atoms with Crippen molar-refractivity contribution in [3.63, 3.8) is 0 Å². The van der Waals surface area contributed by atoms with Crippen LogP contribution in [-0.2, 0) is 23.1 Å². The maximum absolute atomic E-state index is 11.7. The molecule has 1 N–H and O–H groups in total. The number of esters is 1. The molecule has 0 saturated heterocycles. The number of carbonyl (C=O) groups is 1. The first-order chi connectivity index (χ1) is 15.1. The Labute approximate surface area is 195 Å². The van der Waals surface area contributed by atoms with Crippen molar-refractivity contribution in [2.45, 2.75) is 83.7 Å². The summed E-state index contributed by atoms with van der Waals surface area (Å²) in [5.74, 6) is -0.399. The number of ether oxygens (including phenoxy) is 1. The molecule has 0 aromatic rings. The van der Waals surface area contributed by atoms with Crippen molar-refractivity contribution in [1.29, 1.82) is 0 Å². The molecule has 0 aliphatic carbocycles. The minimum absolute atomic E-state index is 0.00882. The Kier molecular flexibility index (Phi) is 18.2. The van der Waals surface area contributed by atoms with Crippen molar-refractivity contribution in [1.82, 2.24) is 0 Å². The summed E-state index contributed by atoms with van der Waals surface area (Å²) in [4.78, 5) is 23.4. The van der Waals surface area contributed by atoms with E-state index in [9.17, 15) is 19.4 Å². The van der Waals surface area contributed by atoms with E-state index < -0.39 is 26.5 Å². The first kappa shape index (κ1) is 31.2. The highest BCUT2D eigenvalue weighted by Gasteiger charge is 2.16. The maximum atomic E-state index is 11.7. The lowest BCUT2D eigenvalue weighted by Crippen LogP contribution is -2.37. The Morgan fingerprint density at radius 2 is 1.56 bits per heavy atom. The van der Waals surface area contributed by atoms with Crippen LogP contribution in [0.1, 0.15) is 77.6 Å². The molecule has 0 fully saturated rings. The van der Waals surface area contributed by atoms with Crippen molar-refractivity contribution in [2.24, 2.45) is 0 Å². The van der Waals surface area contributed by atoms with Crippen LogP contribution in [-0.4, -0.2) is 69.2 Å². The van der Waals surface area contributed by atoms with Crippen LogP contribution in [0, 0.1) is 0 Å². The monoisotopic (exact) mass is 479 g/mol. The van der Waals surface area contributed by atoms with E-state index in [2.05, 4.69) is 23.6 Å². The van der Waals surface area contributed by atoms with E-state index in [0.29, 0.717) is 17.4 Å². The molecule has 0 aliphatic heterocycles. The summed E-state index contributed by atoms with van der Waals surface area (Å²) >= 11 is 0. The summed E-state index contributed by atoms with van der Waals surface area (Å²) in [5.41, 5.74) is 0. The van der Waals surface area contributed by atoms with Crippen molar-refractivity contribution in [3.05, 3.63) is 12.2 Å². The van der Waals surface area contributed by atoms with Crippen LogP contribution in [0.25, 0.3) is 0 Å². The van der Waals surface area contributed by atoms with Crippen molar-refractivity contribution in [2.75, 3.05) is 47.5 Å². The van der Waals surface area contributed by atoms with Crippen LogP contribution in [0.3, 0.4) is 0 Å². The van der Waals surface area contributed by atoms with Gasteiger partial charge in [-0.15, -0.1) is 0 Å². The maximum Gasteiger partial charge on any atom is 0.305 e. The van der Waals surface area contributed by atoms with Crippen LogP contribution in [0.15, 0.2) is 12.2 Å². The topological polar surface area (TPSA) is 105 Å². The summed E-state index contributed by atoms with van der Waals surface area (Å²) in [5, 5.41) is 9.76. The fourth-order valence-corrected chi connectivity index (χ4v) is 3.49. The van der Waals surface area contributed by atoms with Gasteiger partial charge in [-0.2, -0.15) is 0 Å². The summed E-state index contributed by atoms with van der Waals surface area (Å²) in [6, 6.07) is 0. The number of phosphoric acid groups is 1. The van der Waals surface area contributed by atoms with Crippen LogP contribution in [0.2, 0.25) is 0 Å². The number of allylic oxidation sites excluding steroid dienone is 2. The van der Waals surface area contributed by atoms with Gasteiger partial charge in [-0.1, -0.05) is 51.2 Å². The smallest absolute Gasteiger partial charge is 0.305 e. The molecule has 0 spiro atoms. The summed E-state index contributed by atoms with van der Waals surface area (Å²) < 4.78 is 26.6. The van der Waals surface area contributed by atoms with Gasteiger partial charge in [0.2, 0.25) is 0 Å². The van der Waals surface area contributed by atoms with Gasteiger partial charge in [0.15, 0.2) is 0 Å². The highest BCUT2D eigenvalue weighted by atomic mass is 31.2. The second-order valence-corrected chi connectivity index (χ2v) is 10.6. The predicted molar refractivity (Wildman–Crippen MR) is 125 cm³/mol. The van der Waals surface area contributed by atoms with E-state index in [1.807, 2.05) is 21.1 Å². The van der Waals surface area contributed by atoms with Gasteiger partial charge in [-0.25, -0.2) is 0 Å². The zero-order chi connectivity index (χ0) is 24.3. The molecular weight excluding hydrogens is 433 g/mol. The third-order valence-corrected chi connectivity index (χ3v) is 5.73. The third-order valence-electron chi connectivity index (χ3n) is 4.77. The third kappa shape index (κ3) is 22.4. The molecule has 0 rings (SSSR count). The zero-order valence-electron chi connectivity index (χ0n) is 20.6. The Morgan fingerprint density at radius 3 is 2.19 bits per heavy atom. The molecule has 2 unspecified atom stereocenters. The first-order valence-corrected chi connectivity index (χ1v) is 13.4. The predicted octanol–water partition coefficient (Wildman–Crippen LogP) is 3.97. The standard InChI is InChI=1S/C23H46NO7P/c1-5-6-7-8-9-10-11-12-13-14-15-16-17-23(26)29-20-22(25)21-31-32(27,28)30-19-18-24(2,3)4/h9-10,22,25H,5-8,11-21H2,1-4H3/b10-9-. The molecule has 0 aromatic carbocycles. The van der Waals surface area contributed by atoms with Crippen LogP contribution >= 0.6 is 7.82 Å². The molecule has 32 heavy (non-hydrogen) atoms. The van der Waals surface area contributed by atoms with Gasteiger partial charge >= 0.3 is 5.97 Å². The SMILES string of the molecule is CCCCC/C=C\CCCCCCCC(=O)OCC(O)COP(=O)([O-])OCC[N+](C)(C)C. The fraction of sp³-hybridized carbons (Fsp3) is 0.870. The number of hydrogen-bond donors (Lipinski definition) is 1. The molecule has 0 saturated carbocycles. The molecule has 0 bridgehead atoms. The van der Waals surface area contributed by atoms with Gasteiger partial charge in [-0.05, 0) is 32.1 Å². The number of carbonyl (C=O) groups excluding carboxylic acids is 1. The molecule has 2 atom stereocenters. The van der Waals surface area contributed by atoms with Gasteiger partial charge < -0.3 is 28.3 Å². The largest absolute Gasteiger partial charge is 0.756 e. The minimum atomic E-state index is -4.49. The Bertz CT molecular complexity index is 549. The highest BCUT2D eigenvalue weighted by molar-refractivity contribution is 7.45. The molecule has 8 nitrogen and oxygen atoms in total. The summed E-state index contributed by atoms with van der Waals surface area (Å²) in [6.07, 6.45) is 14.9. The number of nitrogens with zero attached hydrogens (tertiary/aromatic N) is 1. The first-order valence-electron chi connectivity index (χ1n) is 11.9. The van der Waals surface area contributed by atoms with Gasteiger partial charge in [-0.3, -0.25) is 9.36 Å². The number of hydrogen-bond acceptors (Lipinski definition) is 7. The number of unbranched alkanes of at least 4 members (excludes halogenated alkanes) is 8. The Hall–Kier alpha value is -0.760. The van der Waals surface area contributed by atoms with E-state index in [-0.39, 0.29) is 13.2 Å². The number of likely N-dealkylation sites (N-methyl/N-ethyl adjacent to an activating group) is 1. The fourth-order valence-electron chi connectivity index (χ4n) is 2.76. The molecule has 0 radical (unpaired) electrons. The van der Waals surface area contributed by atoms with Gasteiger partial charge in [0.25, 0.3) is 7.82 Å². The second kappa shape index (κ2) is 18.6. The van der Waals surface area contributed by atoms with E-state index in [1.165, 1.54) is 32.1 Å².